The van der Waals surface area contributed by atoms with Crippen LogP contribution in [0.3, 0.4) is 0 Å². The zero-order chi connectivity index (χ0) is 13.3. The highest BCUT2D eigenvalue weighted by atomic mass is 19.2. The average Bonchev–Trinajstić information content (AvgIpc) is 2.33. The van der Waals surface area contributed by atoms with Crippen LogP contribution in [0.15, 0.2) is 6.07 Å². The average molecular weight is 257 g/mol. The van der Waals surface area contributed by atoms with Gasteiger partial charge in [-0.15, -0.1) is 0 Å². The van der Waals surface area contributed by atoms with Crippen LogP contribution in [0, 0.1) is 11.6 Å². The fourth-order valence-corrected chi connectivity index (χ4v) is 2.57. The van der Waals surface area contributed by atoms with Crippen molar-refractivity contribution in [1.29, 1.82) is 0 Å². The van der Waals surface area contributed by atoms with Gasteiger partial charge in [0.1, 0.15) is 0 Å². The monoisotopic (exact) mass is 257 g/mol. The Bertz CT molecular complexity index is 453. The molecule has 2 N–H and O–H groups in total. The molecule has 0 radical (unpaired) electrons. The SMILES string of the molecule is COc1cc(F)c(F)c(C2(CN)CCC2)c1OC. The third-order valence-corrected chi connectivity index (χ3v) is 3.79. The maximum atomic E-state index is 14.1. The van der Waals surface area contributed by atoms with E-state index in [0.29, 0.717) is 0 Å². The topological polar surface area (TPSA) is 44.5 Å². The summed E-state index contributed by atoms with van der Waals surface area (Å²) in [6.07, 6.45) is 2.44. The second-order valence-electron chi connectivity index (χ2n) is 4.62. The van der Waals surface area contributed by atoms with Gasteiger partial charge in [0.2, 0.25) is 0 Å². The molecule has 0 spiro atoms. The van der Waals surface area contributed by atoms with Crippen molar-refractivity contribution in [1.82, 2.24) is 0 Å². The minimum atomic E-state index is -0.928. The molecule has 18 heavy (non-hydrogen) atoms. The van der Waals surface area contributed by atoms with Crippen molar-refractivity contribution in [2.75, 3.05) is 20.8 Å². The lowest BCUT2D eigenvalue weighted by molar-refractivity contribution is 0.228. The second kappa shape index (κ2) is 4.72. The molecule has 0 amide bonds. The number of hydrogen-bond acceptors (Lipinski definition) is 3. The molecule has 1 fully saturated rings. The maximum absolute atomic E-state index is 14.1. The van der Waals surface area contributed by atoms with Gasteiger partial charge >= 0.3 is 0 Å². The molecule has 1 aromatic carbocycles. The van der Waals surface area contributed by atoms with Gasteiger partial charge in [0, 0.05) is 23.6 Å². The van der Waals surface area contributed by atoms with Gasteiger partial charge in [-0.3, -0.25) is 0 Å². The van der Waals surface area contributed by atoms with Crippen LogP contribution in [-0.4, -0.2) is 20.8 Å². The number of benzene rings is 1. The second-order valence-corrected chi connectivity index (χ2v) is 4.62. The first kappa shape index (κ1) is 13.1. The summed E-state index contributed by atoms with van der Waals surface area (Å²) < 4.78 is 38.0. The Hall–Kier alpha value is -1.36. The predicted molar refractivity (Wildman–Crippen MR) is 64.0 cm³/mol. The fraction of sp³-hybridized carbons (Fsp3) is 0.538. The van der Waals surface area contributed by atoms with Crippen LogP contribution in [-0.2, 0) is 5.41 Å². The van der Waals surface area contributed by atoms with Crippen LogP contribution in [0.2, 0.25) is 0 Å². The molecule has 0 unspecified atom stereocenters. The van der Waals surface area contributed by atoms with Gasteiger partial charge in [-0.2, -0.15) is 0 Å². The summed E-state index contributed by atoms with van der Waals surface area (Å²) in [5, 5.41) is 0. The molecule has 100 valence electrons. The number of methoxy groups -OCH3 is 2. The van der Waals surface area contributed by atoms with Crippen LogP contribution in [0.25, 0.3) is 0 Å². The van der Waals surface area contributed by atoms with Crippen molar-refractivity contribution < 1.29 is 18.3 Å². The Morgan fingerprint density at radius 3 is 2.33 bits per heavy atom. The van der Waals surface area contributed by atoms with E-state index in [1.54, 1.807) is 0 Å². The highest BCUT2D eigenvalue weighted by Crippen LogP contribution is 2.50. The smallest absolute Gasteiger partial charge is 0.167 e. The first-order chi connectivity index (χ1) is 8.59. The summed E-state index contributed by atoms with van der Waals surface area (Å²) in [6, 6.07) is 1.00. The minimum absolute atomic E-state index is 0.200. The lowest BCUT2D eigenvalue weighted by Crippen LogP contribution is -2.42. The normalized spacial score (nSPS) is 17.2. The molecule has 0 heterocycles. The summed E-state index contributed by atoms with van der Waals surface area (Å²) in [5.41, 5.74) is 5.44. The van der Waals surface area contributed by atoms with Crippen LogP contribution in [0.1, 0.15) is 24.8 Å². The van der Waals surface area contributed by atoms with Gasteiger partial charge in [0.05, 0.1) is 14.2 Å². The lowest BCUT2D eigenvalue weighted by atomic mass is 9.64. The summed E-state index contributed by atoms with van der Waals surface area (Å²) >= 11 is 0. The van der Waals surface area contributed by atoms with Crippen molar-refractivity contribution in [3.63, 3.8) is 0 Å². The zero-order valence-corrected chi connectivity index (χ0v) is 10.6. The third-order valence-electron chi connectivity index (χ3n) is 3.79. The summed E-state index contributed by atoms with van der Waals surface area (Å²) in [4.78, 5) is 0. The molecule has 0 bridgehead atoms. The van der Waals surface area contributed by atoms with Gasteiger partial charge < -0.3 is 15.2 Å². The van der Waals surface area contributed by atoms with Gasteiger partial charge in [0.15, 0.2) is 23.1 Å². The Morgan fingerprint density at radius 2 is 1.94 bits per heavy atom. The first-order valence-corrected chi connectivity index (χ1v) is 5.90. The Balaban J connectivity index is 2.66. The molecule has 0 aliphatic heterocycles. The molecular formula is C13H17F2NO2. The van der Waals surface area contributed by atoms with Crippen molar-refractivity contribution in [2.45, 2.75) is 24.7 Å². The largest absolute Gasteiger partial charge is 0.493 e. The first-order valence-electron chi connectivity index (χ1n) is 5.90. The Kier molecular flexibility index (Phi) is 3.43. The third kappa shape index (κ3) is 1.73. The molecule has 0 aromatic heterocycles. The lowest BCUT2D eigenvalue weighted by Gasteiger charge is -2.42. The van der Waals surface area contributed by atoms with Gasteiger partial charge in [-0.25, -0.2) is 8.78 Å². The minimum Gasteiger partial charge on any atom is -0.493 e. The molecular weight excluding hydrogens is 240 g/mol. The van der Waals surface area contributed by atoms with Gasteiger partial charge in [0.25, 0.3) is 0 Å². The number of ether oxygens (including phenoxy) is 2. The summed E-state index contributed by atoms with van der Waals surface area (Å²) in [7, 11) is 2.82. The zero-order valence-electron chi connectivity index (χ0n) is 10.6. The van der Waals surface area contributed by atoms with E-state index in [4.69, 9.17) is 15.2 Å². The highest BCUT2D eigenvalue weighted by Gasteiger charge is 2.43. The standard InChI is InChI=1S/C13H17F2NO2/c1-17-9-6-8(14)11(15)10(12(9)18-2)13(7-16)4-3-5-13/h6H,3-5,7,16H2,1-2H3. The Morgan fingerprint density at radius 1 is 1.28 bits per heavy atom. The van der Waals surface area contributed by atoms with Gasteiger partial charge in [-0.1, -0.05) is 6.42 Å². The fourth-order valence-electron chi connectivity index (χ4n) is 2.57. The van der Waals surface area contributed by atoms with Crippen LogP contribution >= 0.6 is 0 Å². The summed E-state index contributed by atoms with van der Waals surface area (Å²) in [5.74, 6) is -1.35. The van der Waals surface area contributed by atoms with Crippen LogP contribution in [0.4, 0.5) is 8.78 Å². The molecule has 1 saturated carbocycles. The molecule has 2 rings (SSSR count). The molecule has 3 nitrogen and oxygen atoms in total. The van der Waals surface area contributed by atoms with E-state index in [2.05, 4.69) is 0 Å². The number of hydrogen-bond donors (Lipinski definition) is 1. The molecule has 1 aliphatic rings. The molecule has 1 aromatic rings. The molecule has 1 aliphatic carbocycles. The number of nitrogens with two attached hydrogens (primary N) is 1. The van der Waals surface area contributed by atoms with Crippen LogP contribution in [0.5, 0.6) is 11.5 Å². The molecule has 0 atom stereocenters. The molecule has 5 heteroatoms. The van der Waals surface area contributed by atoms with Gasteiger partial charge in [-0.05, 0) is 12.8 Å². The number of halogens is 2. The quantitative estimate of drug-likeness (QED) is 0.900. The van der Waals surface area contributed by atoms with Crippen LogP contribution < -0.4 is 15.2 Å². The van der Waals surface area contributed by atoms with Crippen molar-refractivity contribution >= 4 is 0 Å². The number of rotatable bonds is 4. The van der Waals surface area contributed by atoms with E-state index < -0.39 is 17.0 Å². The van der Waals surface area contributed by atoms with Crippen molar-refractivity contribution in [3.05, 3.63) is 23.3 Å². The van der Waals surface area contributed by atoms with E-state index in [1.165, 1.54) is 14.2 Å². The van der Waals surface area contributed by atoms with E-state index in [9.17, 15) is 8.78 Å². The van der Waals surface area contributed by atoms with E-state index in [0.717, 1.165) is 25.3 Å². The highest BCUT2D eigenvalue weighted by molar-refractivity contribution is 5.52. The predicted octanol–water partition coefficient (Wildman–Crippen LogP) is 2.36. The Labute approximate surface area is 105 Å². The van der Waals surface area contributed by atoms with E-state index in [1.807, 2.05) is 0 Å². The maximum Gasteiger partial charge on any atom is 0.167 e. The van der Waals surface area contributed by atoms with Crippen molar-refractivity contribution in [3.8, 4) is 11.5 Å². The summed E-state index contributed by atoms with van der Waals surface area (Å²) in [6.45, 7) is 0.271. The molecule has 0 saturated heterocycles. The van der Waals surface area contributed by atoms with E-state index in [-0.39, 0.29) is 23.6 Å². The van der Waals surface area contributed by atoms with E-state index >= 15 is 0 Å². The van der Waals surface area contributed by atoms with Crippen molar-refractivity contribution in [2.24, 2.45) is 5.73 Å².